The van der Waals surface area contributed by atoms with Crippen LogP contribution in [0.3, 0.4) is 0 Å². The van der Waals surface area contributed by atoms with Crippen molar-refractivity contribution in [2.24, 2.45) is 5.73 Å². The molecule has 0 aromatic heterocycles. The first-order valence-corrected chi connectivity index (χ1v) is 3.37. The summed E-state index contributed by atoms with van der Waals surface area (Å²) in [6.45, 7) is 6.16. The molecule has 0 fully saturated rings. The molecule has 1 rings (SSSR count). The molecular weight excluding hydrogens is 206 g/mol. The van der Waals surface area contributed by atoms with Crippen molar-refractivity contribution in [2.45, 2.75) is 0 Å². The van der Waals surface area contributed by atoms with Gasteiger partial charge in [-0.3, -0.25) is 0 Å². The highest BCUT2D eigenvalue weighted by Crippen LogP contribution is 2.04. The van der Waals surface area contributed by atoms with Crippen molar-refractivity contribution in [3.05, 3.63) is 25.2 Å². The van der Waals surface area contributed by atoms with Crippen LogP contribution in [0, 0.1) is 0 Å². The smallest absolute Gasteiger partial charge is 0.0936 e. The Bertz CT molecular complexity index is 147. The van der Waals surface area contributed by atoms with E-state index in [9.17, 15) is 0 Å². The number of hydrogen-bond donors (Lipinski definition) is 1. The Hall–Kier alpha value is -0.480. The molecule has 0 radical (unpaired) electrons. The Balaban J connectivity index is 0.000001000. The van der Waals surface area contributed by atoms with Crippen LogP contribution in [-0.2, 0) is 0 Å². The lowest BCUT2D eigenvalue weighted by atomic mass is 10.6. The molecule has 4 heteroatoms. The molecule has 11 heavy (non-hydrogen) atoms. The van der Waals surface area contributed by atoms with Gasteiger partial charge in [0.05, 0.1) is 6.67 Å². The standard InChI is InChI=1S/C7H13N3.BrH/c1-2-9-5-6-10(7-9)4-3-8;/h2,5-6H,1,3-4,7-8H2;1H. The molecule has 1 aliphatic rings. The van der Waals surface area contributed by atoms with Gasteiger partial charge in [-0.15, -0.1) is 17.0 Å². The summed E-state index contributed by atoms with van der Waals surface area (Å²) in [7, 11) is 0. The quantitative estimate of drug-likeness (QED) is 0.760. The van der Waals surface area contributed by atoms with E-state index in [-0.39, 0.29) is 17.0 Å². The van der Waals surface area contributed by atoms with E-state index < -0.39 is 0 Å². The molecule has 1 aliphatic heterocycles. The summed E-state index contributed by atoms with van der Waals surface area (Å²) in [4.78, 5) is 4.15. The lowest BCUT2D eigenvalue weighted by Crippen LogP contribution is -2.26. The molecular formula is C7H14BrN3. The van der Waals surface area contributed by atoms with Crippen molar-refractivity contribution in [1.82, 2.24) is 9.80 Å². The third-order valence-electron chi connectivity index (χ3n) is 1.46. The van der Waals surface area contributed by atoms with Gasteiger partial charge in [-0.05, 0) is 6.20 Å². The zero-order valence-corrected chi connectivity index (χ0v) is 8.15. The second-order valence-electron chi connectivity index (χ2n) is 2.24. The summed E-state index contributed by atoms with van der Waals surface area (Å²) < 4.78 is 0. The van der Waals surface area contributed by atoms with Crippen molar-refractivity contribution >= 4 is 17.0 Å². The van der Waals surface area contributed by atoms with Gasteiger partial charge in [0.2, 0.25) is 0 Å². The molecule has 0 aromatic carbocycles. The molecule has 0 aromatic rings. The van der Waals surface area contributed by atoms with Gasteiger partial charge in [0.25, 0.3) is 0 Å². The van der Waals surface area contributed by atoms with Crippen LogP contribution in [0.2, 0.25) is 0 Å². The van der Waals surface area contributed by atoms with Gasteiger partial charge in [-0.25, -0.2) is 0 Å². The number of halogens is 1. The third-order valence-corrected chi connectivity index (χ3v) is 1.46. The van der Waals surface area contributed by atoms with Crippen molar-refractivity contribution in [1.29, 1.82) is 0 Å². The van der Waals surface area contributed by atoms with Gasteiger partial charge < -0.3 is 15.5 Å². The van der Waals surface area contributed by atoms with Gasteiger partial charge in [0, 0.05) is 25.5 Å². The Kier molecular flexibility index (Phi) is 4.98. The SMILES string of the molecule is Br.C=CN1C=CN(CCN)C1. The lowest BCUT2D eigenvalue weighted by Gasteiger charge is -2.16. The van der Waals surface area contributed by atoms with Crippen LogP contribution in [-0.4, -0.2) is 29.6 Å². The van der Waals surface area contributed by atoms with Crippen LogP contribution in [0.4, 0.5) is 0 Å². The maximum absolute atomic E-state index is 5.38. The second-order valence-corrected chi connectivity index (χ2v) is 2.24. The highest BCUT2D eigenvalue weighted by Gasteiger charge is 2.06. The Morgan fingerprint density at radius 3 is 2.73 bits per heavy atom. The molecule has 0 aliphatic carbocycles. The summed E-state index contributed by atoms with van der Waals surface area (Å²) in [5.74, 6) is 0. The molecule has 3 nitrogen and oxygen atoms in total. The van der Waals surface area contributed by atoms with Gasteiger partial charge >= 0.3 is 0 Å². The molecule has 64 valence electrons. The molecule has 0 amide bonds. The van der Waals surface area contributed by atoms with Gasteiger partial charge in [-0.1, -0.05) is 6.58 Å². The minimum absolute atomic E-state index is 0. The number of nitrogens with two attached hydrogens (primary N) is 1. The summed E-state index contributed by atoms with van der Waals surface area (Å²) in [5, 5.41) is 0. The van der Waals surface area contributed by atoms with Crippen LogP contribution in [0.15, 0.2) is 25.2 Å². The zero-order valence-electron chi connectivity index (χ0n) is 6.44. The van der Waals surface area contributed by atoms with Crippen LogP contribution in [0.5, 0.6) is 0 Å². The lowest BCUT2D eigenvalue weighted by molar-refractivity contribution is 0.321. The largest absolute Gasteiger partial charge is 0.357 e. The average molecular weight is 220 g/mol. The van der Waals surface area contributed by atoms with Crippen LogP contribution < -0.4 is 5.73 Å². The van der Waals surface area contributed by atoms with Crippen molar-refractivity contribution in [3.8, 4) is 0 Å². The predicted octanol–water partition coefficient (Wildman–Crippen LogP) is 0.713. The highest BCUT2D eigenvalue weighted by molar-refractivity contribution is 8.93. The van der Waals surface area contributed by atoms with E-state index in [0.717, 1.165) is 13.2 Å². The predicted molar refractivity (Wildman–Crippen MR) is 52.1 cm³/mol. The molecule has 1 heterocycles. The van der Waals surface area contributed by atoms with Gasteiger partial charge in [0.15, 0.2) is 0 Å². The van der Waals surface area contributed by atoms with E-state index in [2.05, 4.69) is 11.5 Å². The molecule has 0 bridgehead atoms. The van der Waals surface area contributed by atoms with E-state index in [4.69, 9.17) is 5.73 Å². The third kappa shape index (κ3) is 2.95. The second kappa shape index (κ2) is 5.21. The zero-order chi connectivity index (χ0) is 7.40. The van der Waals surface area contributed by atoms with Gasteiger partial charge in [-0.2, -0.15) is 0 Å². The van der Waals surface area contributed by atoms with E-state index in [0.29, 0.717) is 6.54 Å². The summed E-state index contributed by atoms with van der Waals surface area (Å²) in [6, 6.07) is 0. The summed E-state index contributed by atoms with van der Waals surface area (Å²) >= 11 is 0. The Morgan fingerprint density at radius 1 is 1.55 bits per heavy atom. The fourth-order valence-corrected chi connectivity index (χ4v) is 0.914. The molecule has 0 saturated heterocycles. The summed E-state index contributed by atoms with van der Waals surface area (Å²) in [6.07, 6.45) is 5.81. The molecule has 0 spiro atoms. The topological polar surface area (TPSA) is 32.5 Å². The van der Waals surface area contributed by atoms with Crippen molar-refractivity contribution < 1.29 is 0 Å². The number of hydrogen-bond acceptors (Lipinski definition) is 3. The first-order valence-electron chi connectivity index (χ1n) is 3.37. The van der Waals surface area contributed by atoms with Crippen molar-refractivity contribution in [2.75, 3.05) is 19.8 Å². The summed E-state index contributed by atoms with van der Waals surface area (Å²) in [5.41, 5.74) is 5.38. The maximum atomic E-state index is 5.38. The van der Waals surface area contributed by atoms with E-state index in [1.807, 2.05) is 17.3 Å². The first-order chi connectivity index (χ1) is 4.86. The molecule has 0 unspecified atom stereocenters. The average Bonchev–Trinajstić information content (AvgIpc) is 2.37. The van der Waals surface area contributed by atoms with Gasteiger partial charge in [0.1, 0.15) is 0 Å². The highest BCUT2D eigenvalue weighted by atomic mass is 79.9. The Labute approximate surface area is 77.9 Å². The minimum atomic E-state index is 0. The Morgan fingerprint density at radius 2 is 2.27 bits per heavy atom. The normalized spacial score (nSPS) is 15.0. The van der Waals surface area contributed by atoms with E-state index in [1.165, 1.54) is 0 Å². The van der Waals surface area contributed by atoms with Crippen molar-refractivity contribution in [3.63, 3.8) is 0 Å². The van der Waals surface area contributed by atoms with Crippen LogP contribution in [0.1, 0.15) is 0 Å². The molecule has 2 N–H and O–H groups in total. The minimum Gasteiger partial charge on any atom is -0.357 e. The van der Waals surface area contributed by atoms with Crippen LogP contribution >= 0.6 is 17.0 Å². The fourth-order valence-electron chi connectivity index (χ4n) is 0.914. The number of nitrogens with zero attached hydrogens (tertiary/aromatic N) is 2. The van der Waals surface area contributed by atoms with E-state index >= 15 is 0 Å². The number of rotatable bonds is 3. The fraction of sp³-hybridized carbons (Fsp3) is 0.429. The maximum Gasteiger partial charge on any atom is 0.0936 e. The van der Waals surface area contributed by atoms with E-state index in [1.54, 1.807) is 6.20 Å². The van der Waals surface area contributed by atoms with Crippen LogP contribution in [0.25, 0.3) is 0 Å². The molecule has 0 atom stereocenters. The first kappa shape index (κ1) is 10.5. The molecule has 0 saturated carbocycles. The monoisotopic (exact) mass is 219 g/mol.